The molecule has 0 aliphatic heterocycles. The van der Waals surface area contributed by atoms with Gasteiger partial charge in [0.25, 0.3) is 0 Å². The van der Waals surface area contributed by atoms with Gasteiger partial charge >= 0.3 is 0 Å². The summed E-state index contributed by atoms with van der Waals surface area (Å²) in [5.41, 5.74) is 5.53. The Morgan fingerprint density at radius 2 is 2.23 bits per heavy atom. The summed E-state index contributed by atoms with van der Waals surface area (Å²) in [5.74, 6) is -1.07. The Bertz CT molecular complexity index is 349. The van der Waals surface area contributed by atoms with Crippen molar-refractivity contribution in [3.8, 4) is 0 Å². The number of carbonyl (C=O) groups excluding carboxylic acids is 2. The molecule has 1 aromatic rings. The van der Waals surface area contributed by atoms with Gasteiger partial charge in [-0.3, -0.25) is 9.59 Å². The lowest BCUT2D eigenvalue weighted by Crippen LogP contribution is -2.14. The van der Waals surface area contributed by atoms with Gasteiger partial charge in [0.1, 0.15) is 12.1 Å². The lowest BCUT2D eigenvalue weighted by molar-refractivity contribution is -0.117. The van der Waals surface area contributed by atoms with E-state index in [0.29, 0.717) is 17.4 Å². The first-order valence-electron chi connectivity index (χ1n) is 3.65. The van der Waals surface area contributed by atoms with E-state index < -0.39 is 11.7 Å². The molecule has 1 rings (SSSR count). The minimum Gasteiger partial charge on any atom is -0.369 e. The quantitative estimate of drug-likeness (QED) is 0.696. The van der Waals surface area contributed by atoms with Gasteiger partial charge in [0.2, 0.25) is 5.91 Å². The van der Waals surface area contributed by atoms with Crippen LogP contribution in [0.15, 0.2) is 18.2 Å². The smallest absolute Gasteiger partial charge is 0.221 e. The van der Waals surface area contributed by atoms with Crippen molar-refractivity contribution in [3.05, 3.63) is 35.1 Å². The van der Waals surface area contributed by atoms with Crippen molar-refractivity contribution < 1.29 is 14.0 Å². The van der Waals surface area contributed by atoms with Crippen LogP contribution in [0.4, 0.5) is 4.39 Å². The van der Waals surface area contributed by atoms with Crippen molar-refractivity contribution in [1.29, 1.82) is 0 Å². The number of aldehydes is 1. The fraction of sp³-hybridized carbons (Fsp3) is 0.111. The number of primary amides is 1. The van der Waals surface area contributed by atoms with Crippen LogP contribution < -0.4 is 5.73 Å². The van der Waals surface area contributed by atoms with Crippen LogP contribution in [-0.4, -0.2) is 12.2 Å². The van der Waals surface area contributed by atoms with E-state index in [4.69, 9.17) is 5.73 Å². The molecule has 68 valence electrons. The highest BCUT2D eigenvalue weighted by molar-refractivity contribution is 5.83. The third kappa shape index (κ3) is 2.37. The molecule has 3 nitrogen and oxygen atoms in total. The highest BCUT2D eigenvalue weighted by Crippen LogP contribution is 2.09. The van der Waals surface area contributed by atoms with Crippen LogP contribution in [-0.2, 0) is 11.2 Å². The number of amides is 1. The van der Waals surface area contributed by atoms with E-state index >= 15 is 0 Å². The maximum absolute atomic E-state index is 12.7. The Morgan fingerprint density at radius 3 is 2.77 bits per heavy atom. The summed E-state index contributed by atoms with van der Waals surface area (Å²) in [5, 5.41) is 0. The highest BCUT2D eigenvalue weighted by Gasteiger charge is 2.05. The van der Waals surface area contributed by atoms with Crippen LogP contribution >= 0.6 is 0 Å². The molecular formula is C9H8FNO2. The summed E-state index contributed by atoms with van der Waals surface area (Å²) in [6.45, 7) is 0. The molecule has 0 heterocycles. The van der Waals surface area contributed by atoms with Gasteiger partial charge in [0, 0.05) is 5.56 Å². The summed E-state index contributed by atoms with van der Waals surface area (Å²) in [6.07, 6.45) is 0.448. The molecule has 4 heteroatoms. The second-order valence-corrected chi connectivity index (χ2v) is 2.60. The zero-order valence-electron chi connectivity index (χ0n) is 6.79. The number of halogens is 1. The molecule has 0 aliphatic carbocycles. The van der Waals surface area contributed by atoms with Gasteiger partial charge in [0.15, 0.2) is 0 Å². The summed E-state index contributed by atoms with van der Waals surface area (Å²) in [7, 11) is 0. The molecular weight excluding hydrogens is 173 g/mol. The first-order chi connectivity index (χ1) is 6.13. The second-order valence-electron chi connectivity index (χ2n) is 2.60. The average Bonchev–Trinajstić information content (AvgIpc) is 2.03. The average molecular weight is 181 g/mol. The maximum atomic E-state index is 12.7. The molecule has 1 aromatic carbocycles. The lowest BCUT2D eigenvalue weighted by Gasteiger charge is -2.01. The number of rotatable bonds is 3. The van der Waals surface area contributed by atoms with Crippen LogP contribution in [0.1, 0.15) is 15.9 Å². The van der Waals surface area contributed by atoms with E-state index in [1.807, 2.05) is 0 Å². The Labute approximate surface area is 74.4 Å². The molecule has 0 saturated carbocycles. The van der Waals surface area contributed by atoms with Crippen molar-refractivity contribution in [3.63, 3.8) is 0 Å². The zero-order valence-corrected chi connectivity index (χ0v) is 6.79. The predicted octanol–water partition coefficient (Wildman–Crippen LogP) is 0.666. The van der Waals surface area contributed by atoms with Gasteiger partial charge in [-0.25, -0.2) is 4.39 Å². The number of benzene rings is 1. The summed E-state index contributed by atoms with van der Waals surface area (Å²) < 4.78 is 12.7. The molecule has 0 aliphatic rings. The Balaban J connectivity index is 3.07. The summed E-state index contributed by atoms with van der Waals surface area (Å²) in [4.78, 5) is 21.0. The normalized spacial score (nSPS) is 9.62. The standard InChI is InChI=1S/C9H8FNO2/c10-8-2-1-6(5-12)7(3-8)4-9(11)13/h1-3,5H,4H2,(H2,11,13). The van der Waals surface area contributed by atoms with Crippen LogP contribution in [0.25, 0.3) is 0 Å². The van der Waals surface area contributed by atoms with Crippen molar-refractivity contribution in [1.82, 2.24) is 0 Å². The molecule has 0 aromatic heterocycles. The lowest BCUT2D eigenvalue weighted by atomic mass is 10.1. The van der Waals surface area contributed by atoms with Crippen molar-refractivity contribution in [2.45, 2.75) is 6.42 Å². The maximum Gasteiger partial charge on any atom is 0.221 e. The largest absolute Gasteiger partial charge is 0.369 e. The molecule has 1 amide bonds. The van der Waals surface area contributed by atoms with Gasteiger partial charge in [0.05, 0.1) is 6.42 Å². The van der Waals surface area contributed by atoms with Gasteiger partial charge in [-0.05, 0) is 23.8 Å². The summed E-state index contributed by atoms with van der Waals surface area (Å²) >= 11 is 0. The van der Waals surface area contributed by atoms with Crippen LogP contribution in [0.2, 0.25) is 0 Å². The third-order valence-electron chi connectivity index (χ3n) is 1.60. The van der Waals surface area contributed by atoms with Crippen LogP contribution in [0, 0.1) is 5.82 Å². The fourth-order valence-electron chi connectivity index (χ4n) is 1.03. The number of hydrogen-bond donors (Lipinski definition) is 1. The van der Waals surface area contributed by atoms with Gasteiger partial charge in [-0.2, -0.15) is 0 Å². The van der Waals surface area contributed by atoms with Gasteiger partial charge < -0.3 is 5.73 Å². The van der Waals surface area contributed by atoms with Crippen molar-refractivity contribution in [2.75, 3.05) is 0 Å². The summed E-state index contributed by atoms with van der Waals surface area (Å²) in [6, 6.07) is 3.61. The number of carbonyl (C=O) groups is 2. The SMILES string of the molecule is NC(=O)Cc1cc(F)ccc1C=O. The van der Waals surface area contributed by atoms with Gasteiger partial charge in [-0.1, -0.05) is 0 Å². The Morgan fingerprint density at radius 1 is 1.54 bits per heavy atom. The molecule has 0 spiro atoms. The Kier molecular flexibility index (Phi) is 2.74. The fourth-order valence-corrected chi connectivity index (χ4v) is 1.03. The zero-order chi connectivity index (χ0) is 9.84. The second kappa shape index (κ2) is 3.80. The molecule has 2 N–H and O–H groups in total. The van der Waals surface area contributed by atoms with E-state index in [9.17, 15) is 14.0 Å². The minimum atomic E-state index is -0.589. The monoisotopic (exact) mass is 181 g/mol. The molecule has 0 bridgehead atoms. The number of nitrogens with two attached hydrogens (primary N) is 1. The van der Waals surface area contributed by atoms with E-state index in [2.05, 4.69) is 0 Å². The third-order valence-corrected chi connectivity index (χ3v) is 1.60. The molecule has 0 radical (unpaired) electrons. The molecule has 0 fully saturated rings. The van der Waals surface area contributed by atoms with Crippen molar-refractivity contribution in [2.24, 2.45) is 5.73 Å². The number of hydrogen-bond acceptors (Lipinski definition) is 2. The van der Waals surface area contributed by atoms with Crippen LogP contribution in [0.3, 0.4) is 0 Å². The molecule has 13 heavy (non-hydrogen) atoms. The van der Waals surface area contributed by atoms with E-state index in [1.54, 1.807) is 0 Å². The molecule has 0 unspecified atom stereocenters. The van der Waals surface area contributed by atoms with E-state index in [-0.39, 0.29) is 6.42 Å². The highest BCUT2D eigenvalue weighted by atomic mass is 19.1. The van der Waals surface area contributed by atoms with E-state index in [1.165, 1.54) is 6.07 Å². The topological polar surface area (TPSA) is 60.2 Å². The van der Waals surface area contributed by atoms with E-state index in [0.717, 1.165) is 12.1 Å². The first kappa shape index (κ1) is 9.38. The molecule has 0 atom stereocenters. The van der Waals surface area contributed by atoms with Crippen molar-refractivity contribution >= 4 is 12.2 Å². The van der Waals surface area contributed by atoms with Gasteiger partial charge in [-0.15, -0.1) is 0 Å². The molecule has 0 saturated heterocycles. The minimum absolute atomic E-state index is 0.119. The first-order valence-corrected chi connectivity index (χ1v) is 3.65. The Hall–Kier alpha value is -1.71. The predicted molar refractivity (Wildman–Crippen MR) is 44.7 cm³/mol. The van der Waals surface area contributed by atoms with Crippen LogP contribution in [0.5, 0.6) is 0 Å².